The monoisotopic (exact) mass is 630 g/mol. The third-order valence-corrected chi connectivity index (χ3v) is 7.57. The number of methoxy groups -OCH3 is 1. The summed E-state index contributed by atoms with van der Waals surface area (Å²) < 4.78 is 16.3. The van der Waals surface area contributed by atoms with Gasteiger partial charge in [-0.2, -0.15) is 0 Å². The average Bonchev–Trinajstić information content (AvgIpc) is 3.10. The Kier molecular flexibility index (Phi) is 9.99. The van der Waals surface area contributed by atoms with E-state index in [0.717, 1.165) is 18.7 Å². The molecule has 3 aromatic carbocycles. The van der Waals surface area contributed by atoms with Crippen LogP contribution >= 0.6 is 34.8 Å². The maximum Gasteiger partial charge on any atom is 0.269 e. The minimum absolute atomic E-state index is 0.155. The second-order valence-electron chi connectivity index (χ2n) is 9.68. The van der Waals surface area contributed by atoms with E-state index in [4.69, 9.17) is 54.0 Å². The maximum atomic E-state index is 13.5. The van der Waals surface area contributed by atoms with Crippen LogP contribution in [0, 0.1) is 0 Å². The van der Waals surface area contributed by atoms with Gasteiger partial charge in [-0.1, -0.05) is 53.0 Å². The third kappa shape index (κ3) is 7.06. The largest absolute Gasteiger partial charge is 0.490 e. The molecule has 0 aliphatic carbocycles. The van der Waals surface area contributed by atoms with Crippen LogP contribution < -0.4 is 15.4 Å². The van der Waals surface area contributed by atoms with Crippen molar-refractivity contribution >= 4 is 58.0 Å². The summed E-state index contributed by atoms with van der Waals surface area (Å²) in [6.45, 7) is 3.85. The molecule has 220 valence electrons. The van der Waals surface area contributed by atoms with Crippen molar-refractivity contribution < 1.29 is 23.8 Å². The summed E-state index contributed by atoms with van der Waals surface area (Å²) in [7, 11) is 1.55. The Labute approximate surface area is 258 Å². The Balaban J connectivity index is 1.55. The molecule has 2 aliphatic rings. The number of hydrogen-bond donors (Lipinski definition) is 2. The molecule has 0 aromatic heterocycles. The smallest absolute Gasteiger partial charge is 0.269 e. The van der Waals surface area contributed by atoms with Crippen LogP contribution in [0.1, 0.15) is 27.0 Å². The molecule has 0 bridgehead atoms. The van der Waals surface area contributed by atoms with Crippen molar-refractivity contribution in [1.29, 1.82) is 0 Å². The molecule has 9 nitrogen and oxygen atoms in total. The van der Waals surface area contributed by atoms with Gasteiger partial charge in [-0.25, -0.2) is 4.99 Å². The van der Waals surface area contributed by atoms with Gasteiger partial charge in [0.05, 0.1) is 41.8 Å². The van der Waals surface area contributed by atoms with Crippen LogP contribution in [0.3, 0.4) is 0 Å². The Morgan fingerprint density at radius 2 is 1.86 bits per heavy atom. The molecule has 12 heteroatoms. The lowest BCUT2D eigenvalue weighted by molar-refractivity contribution is -0.117. The predicted octanol–water partition coefficient (Wildman–Crippen LogP) is 5.05. The second kappa shape index (κ2) is 13.9. The van der Waals surface area contributed by atoms with Gasteiger partial charge >= 0.3 is 0 Å². The first-order chi connectivity index (χ1) is 20.3. The van der Waals surface area contributed by atoms with Crippen LogP contribution in [-0.2, 0) is 20.8 Å². The molecule has 1 atom stereocenters. The summed E-state index contributed by atoms with van der Waals surface area (Å²) in [4.78, 5) is 34.0. The number of ether oxygens (including phenoxy) is 3. The molecule has 2 amide bonds. The molecular weight excluding hydrogens is 603 g/mol. The predicted molar refractivity (Wildman–Crippen MR) is 163 cm³/mol. The van der Waals surface area contributed by atoms with Crippen LogP contribution in [-0.4, -0.2) is 75.2 Å². The maximum absolute atomic E-state index is 13.5. The van der Waals surface area contributed by atoms with E-state index in [1.807, 2.05) is 24.3 Å². The number of rotatable bonds is 9. The Bertz CT molecular complexity index is 1510. The summed E-state index contributed by atoms with van der Waals surface area (Å²) in [5.74, 6) is -0.812. The van der Waals surface area contributed by atoms with E-state index in [1.165, 1.54) is 6.07 Å². The van der Waals surface area contributed by atoms with Gasteiger partial charge < -0.3 is 24.8 Å². The number of hydrogen-bond acceptors (Lipinski definition) is 7. The number of halogens is 3. The Morgan fingerprint density at radius 3 is 2.64 bits per heavy atom. The lowest BCUT2D eigenvalue weighted by atomic mass is 9.95. The highest BCUT2D eigenvalue weighted by Gasteiger charge is 2.30. The quantitative estimate of drug-likeness (QED) is 0.321. The van der Waals surface area contributed by atoms with Gasteiger partial charge in [0.2, 0.25) is 6.17 Å². The zero-order valence-electron chi connectivity index (χ0n) is 22.8. The zero-order chi connectivity index (χ0) is 29.6. The number of benzodiazepines with no additional fused rings is 1. The van der Waals surface area contributed by atoms with Crippen molar-refractivity contribution in [2.75, 3.05) is 51.9 Å². The third-order valence-electron chi connectivity index (χ3n) is 6.82. The molecule has 2 N–H and O–H groups in total. The van der Waals surface area contributed by atoms with E-state index in [9.17, 15) is 9.59 Å². The number of benzene rings is 3. The van der Waals surface area contributed by atoms with Gasteiger partial charge in [0.15, 0.2) is 0 Å². The van der Waals surface area contributed by atoms with Gasteiger partial charge in [0.25, 0.3) is 11.8 Å². The summed E-state index contributed by atoms with van der Waals surface area (Å²) >= 11 is 19.5. The molecule has 3 aromatic rings. The fraction of sp³-hybridized carbons (Fsp3) is 0.300. The van der Waals surface area contributed by atoms with E-state index >= 15 is 0 Å². The van der Waals surface area contributed by atoms with E-state index in [0.29, 0.717) is 69.7 Å². The Morgan fingerprint density at radius 1 is 1.07 bits per heavy atom. The summed E-state index contributed by atoms with van der Waals surface area (Å²) in [5.41, 5.74) is 3.26. The summed E-state index contributed by atoms with van der Waals surface area (Å²) in [6.07, 6.45) is -1.30. The van der Waals surface area contributed by atoms with Gasteiger partial charge in [0.1, 0.15) is 12.4 Å². The molecular formula is C30H29Cl3N4O5. The summed E-state index contributed by atoms with van der Waals surface area (Å²) in [5, 5.41) is 6.83. The number of aliphatic imine (C=N–C) groups is 1. The number of nitrogens with one attached hydrogen (secondary N) is 2. The number of amides is 2. The molecule has 1 saturated heterocycles. The highest BCUT2D eigenvalue weighted by atomic mass is 35.5. The van der Waals surface area contributed by atoms with Crippen LogP contribution in [0.15, 0.2) is 59.6 Å². The van der Waals surface area contributed by atoms with Crippen LogP contribution in [0.25, 0.3) is 0 Å². The number of fused-ring (bicyclic) bond motifs is 1. The minimum atomic E-state index is -1.30. The van der Waals surface area contributed by atoms with Crippen molar-refractivity contribution in [1.82, 2.24) is 10.2 Å². The molecule has 2 heterocycles. The first kappa shape index (κ1) is 30.3. The number of morpholine rings is 1. The number of nitrogens with zero attached hydrogens (tertiary/aromatic N) is 2. The molecule has 2 aliphatic heterocycles. The zero-order valence-corrected chi connectivity index (χ0v) is 25.1. The number of carbonyl (C=O) groups is 2. The standard InChI is InChI=1S/C30H29Cl3N4O5/c1-40-12-13-42-25-7-6-19(31)15-22(25)29(38)36-28-30(39)34-24-5-3-2-4-21(24)27(35-28)26-18(14-20(32)16-23(26)33)17-37-8-10-41-11-9-37/h2-7,14-16,28H,8-13,17H2,1H3,(H,34,39)(H,36,38). The molecule has 0 spiro atoms. The number of anilines is 1. The first-order valence-corrected chi connectivity index (χ1v) is 14.5. The SMILES string of the molecule is COCCOc1ccc(Cl)cc1C(=O)NC1N=C(c2c(Cl)cc(Cl)cc2CN2CCOCC2)c2ccccc2NC1=O. The van der Waals surface area contributed by atoms with Crippen LogP contribution in [0.5, 0.6) is 5.75 Å². The van der Waals surface area contributed by atoms with E-state index in [1.54, 1.807) is 31.4 Å². The van der Waals surface area contributed by atoms with E-state index < -0.39 is 18.0 Å². The lowest BCUT2D eigenvalue weighted by Crippen LogP contribution is -2.42. The molecule has 0 radical (unpaired) electrons. The minimum Gasteiger partial charge on any atom is -0.490 e. The topological polar surface area (TPSA) is 101 Å². The average molecular weight is 632 g/mol. The van der Waals surface area contributed by atoms with E-state index in [-0.39, 0.29) is 12.2 Å². The normalized spacial score (nSPS) is 17.1. The van der Waals surface area contributed by atoms with Crippen molar-refractivity contribution in [3.05, 3.63) is 91.9 Å². The van der Waals surface area contributed by atoms with Crippen LogP contribution in [0.4, 0.5) is 5.69 Å². The lowest BCUT2D eigenvalue weighted by Gasteiger charge is -2.28. The van der Waals surface area contributed by atoms with Gasteiger partial charge in [0, 0.05) is 47.9 Å². The number of para-hydroxylation sites is 1. The molecule has 5 rings (SSSR count). The van der Waals surface area contributed by atoms with Crippen LogP contribution in [0.2, 0.25) is 15.1 Å². The fourth-order valence-electron chi connectivity index (χ4n) is 4.81. The Hall–Kier alpha value is -3.18. The van der Waals surface area contributed by atoms with Crippen molar-refractivity contribution in [2.45, 2.75) is 12.7 Å². The number of carbonyl (C=O) groups excluding carboxylic acids is 2. The molecule has 1 unspecified atom stereocenters. The second-order valence-corrected chi connectivity index (χ2v) is 11.0. The summed E-state index contributed by atoms with van der Waals surface area (Å²) in [6, 6.07) is 15.5. The molecule has 0 saturated carbocycles. The van der Waals surface area contributed by atoms with Crippen molar-refractivity contribution in [3.8, 4) is 5.75 Å². The highest BCUT2D eigenvalue weighted by molar-refractivity contribution is 6.39. The van der Waals surface area contributed by atoms with E-state index in [2.05, 4.69) is 15.5 Å². The highest BCUT2D eigenvalue weighted by Crippen LogP contribution is 2.33. The van der Waals surface area contributed by atoms with Gasteiger partial charge in [-0.05, 0) is 42.0 Å². The van der Waals surface area contributed by atoms with Gasteiger partial charge in [-0.15, -0.1) is 0 Å². The van der Waals surface area contributed by atoms with Gasteiger partial charge in [-0.3, -0.25) is 14.5 Å². The molecule has 1 fully saturated rings. The first-order valence-electron chi connectivity index (χ1n) is 13.3. The van der Waals surface area contributed by atoms with Crippen molar-refractivity contribution in [2.24, 2.45) is 4.99 Å². The van der Waals surface area contributed by atoms with Crippen molar-refractivity contribution in [3.63, 3.8) is 0 Å². The fourth-order valence-corrected chi connectivity index (χ4v) is 5.61. The molecule has 42 heavy (non-hydrogen) atoms.